The topological polar surface area (TPSA) is 37.8 Å². The first-order chi connectivity index (χ1) is 11.8. The zero-order chi connectivity index (χ0) is 16.8. The van der Waals surface area contributed by atoms with Crippen LogP contribution in [0.1, 0.15) is 11.7 Å². The Balaban J connectivity index is 1.59. The van der Waals surface area contributed by atoms with Gasteiger partial charge in [0.2, 0.25) is 0 Å². The number of para-hydroxylation sites is 2. The summed E-state index contributed by atoms with van der Waals surface area (Å²) in [7, 11) is 3.49. The minimum absolute atomic E-state index is 0.0662. The third kappa shape index (κ3) is 3.86. The van der Waals surface area contributed by atoms with Crippen molar-refractivity contribution in [1.82, 2.24) is 9.88 Å². The molecule has 0 N–H and O–H groups in total. The van der Waals surface area contributed by atoms with Crippen LogP contribution in [0.3, 0.4) is 0 Å². The van der Waals surface area contributed by atoms with Crippen LogP contribution in [-0.4, -0.2) is 56.8 Å². The number of piperazine rings is 1. The van der Waals surface area contributed by atoms with Crippen molar-refractivity contribution >= 4 is 5.69 Å². The van der Waals surface area contributed by atoms with E-state index < -0.39 is 0 Å². The molecule has 1 aliphatic rings. The molecule has 1 fully saturated rings. The van der Waals surface area contributed by atoms with E-state index in [1.807, 2.05) is 24.4 Å². The van der Waals surface area contributed by atoms with E-state index in [0.29, 0.717) is 0 Å². The van der Waals surface area contributed by atoms with Crippen molar-refractivity contribution in [2.45, 2.75) is 6.10 Å². The lowest BCUT2D eigenvalue weighted by Crippen LogP contribution is -2.47. The molecule has 1 saturated heterocycles. The molecule has 24 heavy (non-hydrogen) atoms. The van der Waals surface area contributed by atoms with E-state index >= 15 is 0 Å². The molecular weight excluding hydrogens is 302 g/mol. The Hall–Kier alpha value is -2.11. The number of anilines is 1. The minimum Gasteiger partial charge on any atom is -0.495 e. The molecule has 1 atom stereocenters. The molecule has 0 aliphatic carbocycles. The summed E-state index contributed by atoms with van der Waals surface area (Å²) in [5.74, 6) is 0.941. The SMILES string of the molecule is COc1ccccc1N1CCN(CC(OC)c2cccnc2)CC1. The van der Waals surface area contributed by atoms with Crippen LogP contribution < -0.4 is 9.64 Å². The number of benzene rings is 1. The average Bonchev–Trinajstić information content (AvgIpc) is 2.67. The van der Waals surface area contributed by atoms with E-state index in [-0.39, 0.29) is 6.10 Å². The van der Waals surface area contributed by atoms with Crippen LogP contribution in [0.4, 0.5) is 5.69 Å². The Morgan fingerprint density at radius 3 is 2.50 bits per heavy atom. The van der Waals surface area contributed by atoms with Crippen molar-refractivity contribution in [3.05, 3.63) is 54.4 Å². The maximum Gasteiger partial charge on any atom is 0.142 e. The second-order valence-corrected chi connectivity index (χ2v) is 5.97. The first-order valence-corrected chi connectivity index (χ1v) is 8.35. The van der Waals surface area contributed by atoms with Gasteiger partial charge in [-0.15, -0.1) is 0 Å². The summed E-state index contributed by atoms with van der Waals surface area (Å²) in [6, 6.07) is 12.3. The fraction of sp³-hybridized carbons (Fsp3) is 0.421. The first kappa shape index (κ1) is 16.7. The molecule has 2 aromatic rings. The van der Waals surface area contributed by atoms with Crippen LogP contribution in [0.5, 0.6) is 5.75 Å². The molecule has 128 valence electrons. The Kier molecular flexibility index (Phi) is 5.67. The number of aromatic nitrogens is 1. The van der Waals surface area contributed by atoms with E-state index in [0.717, 1.165) is 44.0 Å². The number of hydrogen-bond donors (Lipinski definition) is 0. The summed E-state index contributed by atoms with van der Waals surface area (Å²) in [6.45, 7) is 4.89. The highest BCUT2D eigenvalue weighted by molar-refractivity contribution is 5.58. The molecular formula is C19H25N3O2. The number of pyridine rings is 1. The first-order valence-electron chi connectivity index (χ1n) is 8.35. The van der Waals surface area contributed by atoms with E-state index in [2.05, 4.69) is 33.0 Å². The van der Waals surface area contributed by atoms with Crippen molar-refractivity contribution in [1.29, 1.82) is 0 Å². The van der Waals surface area contributed by atoms with Crippen molar-refractivity contribution in [2.75, 3.05) is 51.8 Å². The van der Waals surface area contributed by atoms with Gasteiger partial charge in [-0.2, -0.15) is 0 Å². The van der Waals surface area contributed by atoms with Gasteiger partial charge in [-0.1, -0.05) is 18.2 Å². The van der Waals surface area contributed by atoms with Gasteiger partial charge >= 0.3 is 0 Å². The Bertz CT molecular complexity index is 628. The highest BCUT2D eigenvalue weighted by Gasteiger charge is 2.22. The van der Waals surface area contributed by atoms with Gasteiger partial charge in [-0.05, 0) is 18.2 Å². The molecule has 1 aromatic carbocycles. The van der Waals surface area contributed by atoms with Crippen LogP contribution in [0.25, 0.3) is 0 Å². The second kappa shape index (κ2) is 8.13. The van der Waals surface area contributed by atoms with Gasteiger partial charge in [0.15, 0.2) is 0 Å². The van der Waals surface area contributed by atoms with Gasteiger partial charge in [0.25, 0.3) is 0 Å². The lowest BCUT2D eigenvalue weighted by molar-refractivity contribution is 0.0613. The molecule has 1 aliphatic heterocycles. The molecule has 5 nitrogen and oxygen atoms in total. The van der Waals surface area contributed by atoms with Crippen molar-refractivity contribution in [3.63, 3.8) is 0 Å². The fourth-order valence-electron chi connectivity index (χ4n) is 3.18. The normalized spacial score (nSPS) is 16.8. The smallest absolute Gasteiger partial charge is 0.142 e. The summed E-state index contributed by atoms with van der Waals surface area (Å²) < 4.78 is 11.2. The molecule has 0 saturated carbocycles. The molecule has 2 heterocycles. The maximum absolute atomic E-state index is 5.67. The Labute approximate surface area is 143 Å². The molecule has 0 radical (unpaired) electrons. The van der Waals surface area contributed by atoms with E-state index in [1.165, 1.54) is 5.69 Å². The highest BCUT2D eigenvalue weighted by Crippen LogP contribution is 2.28. The maximum atomic E-state index is 5.67. The molecule has 3 rings (SSSR count). The van der Waals surface area contributed by atoms with E-state index in [9.17, 15) is 0 Å². The number of rotatable bonds is 6. The average molecular weight is 327 g/mol. The van der Waals surface area contributed by atoms with Gasteiger partial charge < -0.3 is 14.4 Å². The number of nitrogens with zero attached hydrogens (tertiary/aromatic N) is 3. The van der Waals surface area contributed by atoms with Gasteiger partial charge in [0.1, 0.15) is 5.75 Å². The monoisotopic (exact) mass is 327 g/mol. The molecule has 1 aromatic heterocycles. The van der Waals surface area contributed by atoms with E-state index in [4.69, 9.17) is 9.47 Å². The van der Waals surface area contributed by atoms with Crippen molar-refractivity contribution in [3.8, 4) is 5.75 Å². The zero-order valence-electron chi connectivity index (χ0n) is 14.4. The molecule has 5 heteroatoms. The third-order valence-corrected chi connectivity index (χ3v) is 4.56. The van der Waals surface area contributed by atoms with Crippen LogP contribution in [0.15, 0.2) is 48.8 Å². The summed E-state index contributed by atoms with van der Waals surface area (Å²) in [6.07, 6.45) is 3.75. The van der Waals surface area contributed by atoms with Gasteiger partial charge in [-0.25, -0.2) is 0 Å². The van der Waals surface area contributed by atoms with E-state index in [1.54, 1.807) is 20.4 Å². The lowest BCUT2D eigenvalue weighted by Gasteiger charge is -2.37. The second-order valence-electron chi connectivity index (χ2n) is 5.97. The summed E-state index contributed by atoms with van der Waals surface area (Å²) in [5.41, 5.74) is 2.31. The predicted molar refractivity (Wildman–Crippen MR) is 95.6 cm³/mol. The molecule has 0 bridgehead atoms. The standard InChI is InChI=1S/C19H25N3O2/c1-23-18-8-4-3-7-17(18)22-12-10-21(11-13-22)15-19(24-2)16-6-5-9-20-14-16/h3-9,14,19H,10-13,15H2,1-2H3. The Morgan fingerprint density at radius 1 is 1.04 bits per heavy atom. The number of methoxy groups -OCH3 is 2. The Morgan fingerprint density at radius 2 is 1.83 bits per heavy atom. The highest BCUT2D eigenvalue weighted by atomic mass is 16.5. The summed E-state index contributed by atoms with van der Waals surface area (Å²) >= 11 is 0. The van der Waals surface area contributed by atoms with Crippen LogP contribution in [0.2, 0.25) is 0 Å². The van der Waals surface area contributed by atoms with Crippen LogP contribution in [0, 0.1) is 0 Å². The van der Waals surface area contributed by atoms with Crippen molar-refractivity contribution < 1.29 is 9.47 Å². The van der Waals surface area contributed by atoms with Gasteiger partial charge in [0.05, 0.1) is 18.9 Å². The van der Waals surface area contributed by atoms with Crippen molar-refractivity contribution in [2.24, 2.45) is 0 Å². The zero-order valence-corrected chi connectivity index (χ0v) is 14.4. The van der Waals surface area contributed by atoms with Crippen LogP contribution in [-0.2, 0) is 4.74 Å². The van der Waals surface area contributed by atoms with Gasteiger partial charge in [-0.3, -0.25) is 9.88 Å². The summed E-state index contributed by atoms with van der Waals surface area (Å²) in [4.78, 5) is 9.04. The lowest BCUT2D eigenvalue weighted by atomic mass is 10.1. The number of hydrogen-bond acceptors (Lipinski definition) is 5. The van der Waals surface area contributed by atoms with Crippen LogP contribution >= 0.6 is 0 Å². The largest absolute Gasteiger partial charge is 0.495 e. The quantitative estimate of drug-likeness (QED) is 0.815. The third-order valence-electron chi connectivity index (χ3n) is 4.56. The van der Waals surface area contributed by atoms with Gasteiger partial charge in [0, 0.05) is 57.8 Å². The minimum atomic E-state index is 0.0662. The summed E-state index contributed by atoms with van der Waals surface area (Å²) in [5, 5.41) is 0. The number of ether oxygens (including phenoxy) is 2. The molecule has 0 amide bonds. The molecule has 0 spiro atoms. The fourth-order valence-corrected chi connectivity index (χ4v) is 3.18. The predicted octanol–water partition coefficient (Wildman–Crippen LogP) is 2.60. The molecule has 1 unspecified atom stereocenters.